The predicted octanol–water partition coefficient (Wildman–Crippen LogP) is 2.23. The molecule has 1 aromatic heterocycles. The van der Waals surface area contributed by atoms with Gasteiger partial charge in [-0.15, -0.1) is 11.8 Å². The van der Waals surface area contributed by atoms with Gasteiger partial charge in [0.1, 0.15) is 12.4 Å². The summed E-state index contributed by atoms with van der Waals surface area (Å²) in [6.45, 7) is 1.03. The molecule has 104 valence electrons. The SMILES string of the molecule is NC[C@@H]1SC1COC(=O)Nc1cc2ccccc2cn1. The van der Waals surface area contributed by atoms with Crippen molar-refractivity contribution >= 4 is 34.4 Å². The van der Waals surface area contributed by atoms with Crippen molar-refractivity contribution in [1.29, 1.82) is 0 Å². The molecule has 3 rings (SSSR count). The quantitative estimate of drug-likeness (QED) is 0.844. The molecule has 0 bridgehead atoms. The van der Waals surface area contributed by atoms with E-state index in [-0.39, 0.29) is 0 Å². The largest absolute Gasteiger partial charge is 0.448 e. The number of ether oxygens (including phenoxy) is 1. The average molecular weight is 289 g/mol. The van der Waals surface area contributed by atoms with Crippen LogP contribution in [-0.2, 0) is 4.74 Å². The maximum Gasteiger partial charge on any atom is 0.412 e. The molecule has 1 saturated heterocycles. The van der Waals surface area contributed by atoms with Gasteiger partial charge >= 0.3 is 6.09 Å². The van der Waals surface area contributed by atoms with Crippen molar-refractivity contribution in [3.8, 4) is 0 Å². The van der Waals surface area contributed by atoms with Crippen molar-refractivity contribution in [3.63, 3.8) is 0 Å². The Bertz CT molecular complexity index is 635. The van der Waals surface area contributed by atoms with Gasteiger partial charge < -0.3 is 10.5 Å². The van der Waals surface area contributed by atoms with Gasteiger partial charge in [0.05, 0.1) is 5.25 Å². The highest BCUT2D eigenvalue weighted by molar-refractivity contribution is 8.07. The van der Waals surface area contributed by atoms with E-state index in [1.165, 1.54) is 0 Å². The summed E-state index contributed by atoms with van der Waals surface area (Å²) in [6.07, 6.45) is 1.25. The fraction of sp³-hybridized carbons (Fsp3) is 0.286. The van der Waals surface area contributed by atoms with Crippen LogP contribution in [0.5, 0.6) is 0 Å². The minimum atomic E-state index is -0.476. The second-order valence-corrected chi connectivity index (χ2v) is 6.07. The molecule has 5 nitrogen and oxygen atoms in total. The van der Waals surface area contributed by atoms with E-state index in [0.29, 0.717) is 29.5 Å². The highest BCUT2D eigenvalue weighted by Crippen LogP contribution is 2.40. The first-order valence-electron chi connectivity index (χ1n) is 6.40. The molecule has 1 aliphatic rings. The van der Waals surface area contributed by atoms with Crippen LogP contribution in [0.25, 0.3) is 10.8 Å². The van der Waals surface area contributed by atoms with Crippen molar-refractivity contribution in [1.82, 2.24) is 4.98 Å². The van der Waals surface area contributed by atoms with Gasteiger partial charge in [0.25, 0.3) is 0 Å². The number of nitrogens with zero attached hydrogens (tertiary/aromatic N) is 1. The van der Waals surface area contributed by atoms with Crippen LogP contribution in [0.4, 0.5) is 10.6 Å². The second kappa shape index (κ2) is 5.68. The number of anilines is 1. The van der Waals surface area contributed by atoms with Gasteiger partial charge in [-0.3, -0.25) is 5.32 Å². The first kappa shape index (κ1) is 13.2. The number of benzene rings is 1. The standard InChI is InChI=1S/C14H15N3O2S/c15-6-11-12(20-11)8-19-14(18)17-13-5-9-3-1-2-4-10(9)7-16-13/h1-5,7,11-12H,6,8,15H2,(H,16,17,18)/t11-,12?/m0/s1. The van der Waals surface area contributed by atoms with Crippen molar-refractivity contribution in [3.05, 3.63) is 36.5 Å². The topological polar surface area (TPSA) is 77.2 Å². The van der Waals surface area contributed by atoms with E-state index in [9.17, 15) is 4.79 Å². The Morgan fingerprint density at radius 1 is 1.35 bits per heavy atom. The number of hydrogen-bond donors (Lipinski definition) is 2. The van der Waals surface area contributed by atoms with Crippen LogP contribution in [0, 0.1) is 0 Å². The van der Waals surface area contributed by atoms with Crippen LogP contribution in [0.2, 0.25) is 0 Å². The molecule has 2 aromatic rings. The lowest BCUT2D eigenvalue weighted by atomic mass is 10.2. The van der Waals surface area contributed by atoms with Gasteiger partial charge in [0.15, 0.2) is 0 Å². The van der Waals surface area contributed by atoms with Gasteiger partial charge in [-0.25, -0.2) is 9.78 Å². The number of nitrogens with two attached hydrogens (primary N) is 1. The molecule has 3 N–H and O–H groups in total. The number of amides is 1. The number of hydrogen-bond acceptors (Lipinski definition) is 5. The van der Waals surface area contributed by atoms with Crippen molar-refractivity contribution in [2.45, 2.75) is 10.5 Å². The second-order valence-electron chi connectivity index (χ2n) is 4.59. The lowest BCUT2D eigenvalue weighted by Crippen LogP contribution is -2.19. The van der Waals surface area contributed by atoms with E-state index in [2.05, 4.69) is 10.3 Å². The summed E-state index contributed by atoms with van der Waals surface area (Å²) in [4.78, 5) is 15.8. The van der Waals surface area contributed by atoms with E-state index in [1.807, 2.05) is 30.3 Å². The van der Waals surface area contributed by atoms with E-state index >= 15 is 0 Å². The fourth-order valence-corrected chi connectivity index (χ4v) is 2.79. The molecule has 1 amide bonds. The summed E-state index contributed by atoms with van der Waals surface area (Å²) in [7, 11) is 0. The summed E-state index contributed by atoms with van der Waals surface area (Å²) in [5.41, 5.74) is 5.52. The number of nitrogens with one attached hydrogen (secondary N) is 1. The third-order valence-electron chi connectivity index (χ3n) is 3.16. The number of carbonyl (C=O) groups is 1. The monoisotopic (exact) mass is 289 g/mol. The van der Waals surface area contributed by atoms with E-state index in [0.717, 1.165) is 10.8 Å². The van der Waals surface area contributed by atoms with Gasteiger partial charge in [-0.1, -0.05) is 24.3 Å². The maximum atomic E-state index is 11.7. The molecule has 0 spiro atoms. The fourth-order valence-electron chi connectivity index (χ4n) is 1.98. The Labute approximate surface area is 120 Å². The summed E-state index contributed by atoms with van der Waals surface area (Å²) in [5.74, 6) is 0.493. The zero-order valence-corrected chi connectivity index (χ0v) is 11.6. The zero-order valence-electron chi connectivity index (χ0n) is 10.8. The number of fused-ring (bicyclic) bond motifs is 1. The Morgan fingerprint density at radius 2 is 2.15 bits per heavy atom. The van der Waals surface area contributed by atoms with E-state index in [4.69, 9.17) is 10.5 Å². The summed E-state index contributed by atoms with van der Waals surface area (Å²) in [6, 6.07) is 9.67. The van der Waals surface area contributed by atoms with E-state index in [1.54, 1.807) is 18.0 Å². The van der Waals surface area contributed by atoms with Crippen LogP contribution < -0.4 is 11.1 Å². The lowest BCUT2D eigenvalue weighted by molar-refractivity contribution is 0.164. The Balaban J connectivity index is 1.57. The molecular weight excluding hydrogens is 274 g/mol. The van der Waals surface area contributed by atoms with Crippen LogP contribution in [0.1, 0.15) is 0 Å². The molecule has 0 aliphatic carbocycles. The number of pyridine rings is 1. The smallest absolute Gasteiger partial charge is 0.412 e. The van der Waals surface area contributed by atoms with Gasteiger partial charge in [-0.05, 0) is 11.5 Å². The highest BCUT2D eigenvalue weighted by atomic mass is 32.2. The third kappa shape index (κ3) is 3.02. The molecular formula is C14H15N3O2S. The van der Waals surface area contributed by atoms with Gasteiger partial charge in [0, 0.05) is 23.4 Å². The minimum Gasteiger partial charge on any atom is -0.448 e. The normalized spacial score (nSPS) is 20.6. The molecule has 1 fully saturated rings. The number of carbonyl (C=O) groups excluding carboxylic acids is 1. The van der Waals surface area contributed by atoms with Gasteiger partial charge in [-0.2, -0.15) is 0 Å². The molecule has 2 heterocycles. The van der Waals surface area contributed by atoms with Crippen LogP contribution >= 0.6 is 11.8 Å². The van der Waals surface area contributed by atoms with Gasteiger partial charge in [0.2, 0.25) is 0 Å². The number of rotatable bonds is 4. The van der Waals surface area contributed by atoms with Crippen molar-refractivity contribution in [2.75, 3.05) is 18.5 Å². The van der Waals surface area contributed by atoms with Crippen molar-refractivity contribution in [2.24, 2.45) is 5.73 Å². The lowest BCUT2D eigenvalue weighted by Gasteiger charge is -2.06. The highest BCUT2D eigenvalue weighted by Gasteiger charge is 2.37. The number of thioether (sulfide) groups is 1. The first-order valence-corrected chi connectivity index (χ1v) is 7.34. The predicted molar refractivity (Wildman–Crippen MR) is 80.9 cm³/mol. The first-order chi connectivity index (χ1) is 9.76. The Morgan fingerprint density at radius 3 is 2.90 bits per heavy atom. The Hall–Kier alpha value is -1.79. The molecule has 0 radical (unpaired) electrons. The van der Waals surface area contributed by atoms with Crippen LogP contribution in [0.3, 0.4) is 0 Å². The molecule has 1 unspecified atom stereocenters. The maximum absolute atomic E-state index is 11.7. The summed E-state index contributed by atoms with van der Waals surface area (Å²) >= 11 is 1.74. The minimum absolute atomic E-state index is 0.343. The summed E-state index contributed by atoms with van der Waals surface area (Å²) in [5, 5.41) is 5.47. The summed E-state index contributed by atoms with van der Waals surface area (Å²) < 4.78 is 5.15. The van der Waals surface area contributed by atoms with Crippen LogP contribution in [0.15, 0.2) is 36.5 Å². The number of aromatic nitrogens is 1. The van der Waals surface area contributed by atoms with Crippen LogP contribution in [-0.4, -0.2) is 34.7 Å². The van der Waals surface area contributed by atoms with Crippen molar-refractivity contribution < 1.29 is 9.53 Å². The zero-order chi connectivity index (χ0) is 13.9. The molecule has 20 heavy (non-hydrogen) atoms. The average Bonchev–Trinajstić information content (AvgIpc) is 3.24. The third-order valence-corrected chi connectivity index (χ3v) is 4.53. The molecule has 6 heteroatoms. The molecule has 1 aliphatic heterocycles. The molecule has 0 saturated carbocycles. The Kier molecular flexibility index (Phi) is 3.75. The molecule has 1 aromatic carbocycles. The molecule has 2 atom stereocenters. The van der Waals surface area contributed by atoms with E-state index < -0.39 is 6.09 Å².